The molecule has 0 unspecified atom stereocenters. The number of nitro groups is 1. The average molecular weight is 279 g/mol. The molecule has 0 bridgehead atoms. The van der Waals surface area contributed by atoms with Crippen LogP contribution >= 0.6 is 0 Å². The summed E-state index contributed by atoms with van der Waals surface area (Å²) in [5.41, 5.74) is 7.33. The number of amides is 1. The highest BCUT2D eigenvalue weighted by Gasteiger charge is 2.14. The first-order valence-corrected chi connectivity index (χ1v) is 6.71. The molecule has 0 saturated carbocycles. The van der Waals surface area contributed by atoms with E-state index in [2.05, 4.69) is 5.32 Å². The molecule has 110 valence electrons. The van der Waals surface area contributed by atoms with Gasteiger partial charge in [0, 0.05) is 23.7 Å². The minimum atomic E-state index is -0.416. The Hall–Kier alpha value is -1.95. The number of rotatable bonds is 7. The van der Waals surface area contributed by atoms with Crippen molar-refractivity contribution in [3.8, 4) is 0 Å². The second-order valence-corrected chi connectivity index (χ2v) is 4.86. The van der Waals surface area contributed by atoms with Crippen LogP contribution in [0.3, 0.4) is 0 Å². The highest BCUT2D eigenvalue weighted by molar-refractivity contribution is 5.91. The highest BCUT2D eigenvalue weighted by atomic mass is 16.6. The molecule has 20 heavy (non-hydrogen) atoms. The largest absolute Gasteiger partial charge is 0.330 e. The Bertz CT molecular complexity index is 501. The molecule has 0 aromatic heterocycles. The lowest BCUT2D eigenvalue weighted by Gasteiger charge is -2.09. The highest BCUT2D eigenvalue weighted by Crippen LogP contribution is 2.26. The van der Waals surface area contributed by atoms with E-state index in [4.69, 9.17) is 5.73 Å². The number of nitrogens with zero attached hydrogens (tertiary/aromatic N) is 1. The summed E-state index contributed by atoms with van der Waals surface area (Å²) < 4.78 is 0. The van der Waals surface area contributed by atoms with E-state index < -0.39 is 4.92 Å². The molecule has 0 aliphatic heterocycles. The van der Waals surface area contributed by atoms with E-state index in [0.717, 1.165) is 19.3 Å². The molecule has 0 radical (unpaired) electrons. The number of benzene rings is 1. The first-order chi connectivity index (χ1) is 9.45. The summed E-state index contributed by atoms with van der Waals surface area (Å²) in [5.74, 6) is -0.0709. The van der Waals surface area contributed by atoms with Crippen molar-refractivity contribution in [2.24, 2.45) is 5.73 Å². The van der Waals surface area contributed by atoms with Gasteiger partial charge >= 0.3 is 0 Å². The van der Waals surface area contributed by atoms with Gasteiger partial charge in [0.15, 0.2) is 0 Å². The summed E-state index contributed by atoms with van der Waals surface area (Å²) in [4.78, 5) is 22.2. The molecule has 0 aliphatic carbocycles. The molecule has 1 aromatic carbocycles. The molecule has 6 nitrogen and oxygen atoms in total. The number of nitrogens with one attached hydrogen (secondary N) is 1. The number of aryl methyl sites for hydroxylation is 2. The SMILES string of the molecule is Cc1cc([N+](=O)[O-])c(C)cc1NC(=O)CCCCCN. The van der Waals surface area contributed by atoms with E-state index in [9.17, 15) is 14.9 Å². The minimum absolute atomic E-state index is 0.0709. The molecular weight excluding hydrogens is 258 g/mol. The molecule has 0 fully saturated rings. The summed E-state index contributed by atoms with van der Waals surface area (Å²) in [5, 5.41) is 13.6. The van der Waals surface area contributed by atoms with Gasteiger partial charge in [-0.15, -0.1) is 0 Å². The van der Waals surface area contributed by atoms with Gasteiger partial charge in [0.25, 0.3) is 5.69 Å². The molecule has 0 heterocycles. The van der Waals surface area contributed by atoms with E-state index in [-0.39, 0.29) is 11.6 Å². The lowest BCUT2D eigenvalue weighted by atomic mass is 10.1. The number of carbonyl (C=O) groups excluding carboxylic acids is 1. The normalized spacial score (nSPS) is 10.3. The molecule has 0 spiro atoms. The van der Waals surface area contributed by atoms with Crippen molar-refractivity contribution in [2.45, 2.75) is 39.5 Å². The third kappa shape index (κ3) is 4.62. The maximum absolute atomic E-state index is 11.8. The zero-order valence-electron chi connectivity index (χ0n) is 11.9. The van der Waals surface area contributed by atoms with E-state index in [1.165, 1.54) is 6.07 Å². The summed E-state index contributed by atoms with van der Waals surface area (Å²) in [6.45, 7) is 4.05. The van der Waals surface area contributed by atoms with Gasteiger partial charge in [0.2, 0.25) is 5.91 Å². The van der Waals surface area contributed by atoms with Gasteiger partial charge in [-0.3, -0.25) is 14.9 Å². The van der Waals surface area contributed by atoms with Crippen molar-refractivity contribution in [1.29, 1.82) is 0 Å². The number of anilines is 1. The van der Waals surface area contributed by atoms with Crippen molar-refractivity contribution < 1.29 is 9.72 Å². The van der Waals surface area contributed by atoms with E-state index in [0.29, 0.717) is 29.8 Å². The number of hydrogen-bond donors (Lipinski definition) is 2. The summed E-state index contributed by atoms with van der Waals surface area (Å²) in [6.07, 6.45) is 3.09. The maximum atomic E-state index is 11.8. The van der Waals surface area contributed by atoms with Gasteiger partial charge in [-0.2, -0.15) is 0 Å². The van der Waals surface area contributed by atoms with Crippen LogP contribution in [0.5, 0.6) is 0 Å². The number of unbranched alkanes of at least 4 members (excludes halogenated alkanes) is 2. The zero-order chi connectivity index (χ0) is 15.1. The predicted octanol–water partition coefficient (Wildman–Crippen LogP) is 2.67. The first-order valence-electron chi connectivity index (χ1n) is 6.71. The Morgan fingerprint density at radius 2 is 1.95 bits per heavy atom. The zero-order valence-corrected chi connectivity index (χ0v) is 11.9. The van der Waals surface area contributed by atoms with Crippen LogP contribution in [-0.4, -0.2) is 17.4 Å². The smallest absolute Gasteiger partial charge is 0.272 e. The summed E-state index contributed by atoms with van der Waals surface area (Å²) in [6, 6.07) is 3.13. The molecule has 0 aliphatic rings. The monoisotopic (exact) mass is 279 g/mol. The molecule has 1 rings (SSSR count). The van der Waals surface area contributed by atoms with Crippen molar-refractivity contribution in [1.82, 2.24) is 0 Å². The van der Waals surface area contributed by atoms with Crippen LogP contribution in [-0.2, 0) is 4.79 Å². The Morgan fingerprint density at radius 3 is 2.55 bits per heavy atom. The van der Waals surface area contributed by atoms with Gasteiger partial charge < -0.3 is 11.1 Å². The number of carbonyl (C=O) groups is 1. The standard InChI is InChI=1S/C14H21N3O3/c1-10-9-13(17(19)20)11(2)8-12(10)16-14(18)6-4-3-5-7-15/h8-9H,3-7,15H2,1-2H3,(H,16,18). The molecule has 0 atom stereocenters. The molecule has 3 N–H and O–H groups in total. The van der Waals surface area contributed by atoms with Crippen LogP contribution in [0.25, 0.3) is 0 Å². The molecule has 1 amide bonds. The van der Waals surface area contributed by atoms with Crippen molar-refractivity contribution in [3.63, 3.8) is 0 Å². The van der Waals surface area contributed by atoms with Crippen LogP contribution < -0.4 is 11.1 Å². The fourth-order valence-corrected chi connectivity index (χ4v) is 1.95. The number of nitro benzene ring substituents is 1. The van der Waals surface area contributed by atoms with E-state index >= 15 is 0 Å². The maximum Gasteiger partial charge on any atom is 0.272 e. The van der Waals surface area contributed by atoms with Crippen LogP contribution in [0, 0.1) is 24.0 Å². The Balaban J connectivity index is 2.66. The summed E-state index contributed by atoms with van der Waals surface area (Å²) >= 11 is 0. The summed E-state index contributed by atoms with van der Waals surface area (Å²) in [7, 11) is 0. The second kappa shape index (κ2) is 7.59. The molecule has 6 heteroatoms. The third-order valence-electron chi connectivity index (χ3n) is 3.12. The lowest BCUT2D eigenvalue weighted by molar-refractivity contribution is -0.385. The van der Waals surface area contributed by atoms with Gasteiger partial charge in [-0.25, -0.2) is 0 Å². The van der Waals surface area contributed by atoms with Gasteiger partial charge in [-0.05, 0) is 44.9 Å². The van der Waals surface area contributed by atoms with E-state index in [1.54, 1.807) is 19.9 Å². The Labute approximate surface area is 118 Å². The molecule has 0 saturated heterocycles. The van der Waals surface area contributed by atoms with Crippen LogP contribution in [0.2, 0.25) is 0 Å². The molecular formula is C14H21N3O3. The Morgan fingerprint density at radius 1 is 1.25 bits per heavy atom. The van der Waals surface area contributed by atoms with E-state index in [1.807, 2.05) is 0 Å². The number of hydrogen-bond acceptors (Lipinski definition) is 4. The van der Waals surface area contributed by atoms with Gasteiger partial charge in [0.05, 0.1) is 4.92 Å². The van der Waals surface area contributed by atoms with Crippen molar-refractivity contribution in [3.05, 3.63) is 33.4 Å². The van der Waals surface area contributed by atoms with Crippen LogP contribution in [0.4, 0.5) is 11.4 Å². The van der Waals surface area contributed by atoms with Gasteiger partial charge in [-0.1, -0.05) is 6.42 Å². The second-order valence-electron chi connectivity index (χ2n) is 4.86. The van der Waals surface area contributed by atoms with Gasteiger partial charge in [0.1, 0.15) is 0 Å². The average Bonchev–Trinajstić information content (AvgIpc) is 2.38. The van der Waals surface area contributed by atoms with Crippen molar-refractivity contribution in [2.75, 3.05) is 11.9 Å². The first kappa shape index (κ1) is 16.1. The minimum Gasteiger partial charge on any atom is -0.330 e. The lowest BCUT2D eigenvalue weighted by Crippen LogP contribution is -2.12. The predicted molar refractivity (Wildman–Crippen MR) is 78.7 cm³/mol. The fourth-order valence-electron chi connectivity index (χ4n) is 1.95. The number of nitrogens with two attached hydrogens (primary N) is 1. The topological polar surface area (TPSA) is 98.3 Å². The third-order valence-corrected chi connectivity index (χ3v) is 3.12. The quantitative estimate of drug-likeness (QED) is 0.455. The molecule has 1 aromatic rings. The van der Waals surface area contributed by atoms with Crippen molar-refractivity contribution >= 4 is 17.3 Å². The van der Waals surface area contributed by atoms with Crippen LogP contribution in [0.1, 0.15) is 36.8 Å². The fraction of sp³-hybridized carbons (Fsp3) is 0.500. The van der Waals surface area contributed by atoms with Crippen LogP contribution in [0.15, 0.2) is 12.1 Å². The Kier molecular flexibility index (Phi) is 6.11.